The van der Waals surface area contributed by atoms with Crippen LogP contribution in [-0.2, 0) is 16.8 Å². The summed E-state index contributed by atoms with van der Waals surface area (Å²) in [5, 5.41) is 20.6. The number of benzene rings is 3. The van der Waals surface area contributed by atoms with Gasteiger partial charge >= 0.3 is 6.03 Å². The number of piperidine rings is 1. The number of hydrogen-bond donors (Lipinski definition) is 1. The molecule has 1 aliphatic rings. The summed E-state index contributed by atoms with van der Waals surface area (Å²) in [6.07, 6.45) is 8.49. The molecule has 0 bridgehead atoms. The quantitative estimate of drug-likeness (QED) is 0.347. The van der Waals surface area contributed by atoms with E-state index in [2.05, 4.69) is 16.1 Å². The summed E-state index contributed by atoms with van der Waals surface area (Å²) in [5.74, 6) is 1.50. The second-order valence-corrected chi connectivity index (χ2v) is 9.74. The molecule has 1 saturated heterocycles. The Morgan fingerprint density at radius 1 is 1.00 bits per heavy atom. The van der Waals surface area contributed by atoms with Gasteiger partial charge < -0.3 is 14.7 Å². The zero-order valence-corrected chi connectivity index (χ0v) is 21.7. The maximum atomic E-state index is 13.8. The summed E-state index contributed by atoms with van der Waals surface area (Å²) in [4.78, 5) is 16.4. The van der Waals surface area contributed by atoms with E-state index in [4.69, 9.17) is 11.2 Å². The lowest BCUT2D eigenvalue weighted by molar-refractivity contribution is 0.00731. The number of hydrogen-bond acceptors (Lipinski definition) is 5. The molecule has 204 valence electrons. The molecule has 0 unspecified atom stereocenters. The molecule has 1 aromatic heterocycles. The number of aliphatic hydroxyl groups is 1. The minimum atomic E-state index is -1.93. The van der Waals surface area contributed by atoms with Gasteiger partial charge in [-0.1, -0.05) is 65.3 Å². The molecule has 5 rings (SSSR count). The van der Waals surface area contributed by atoms with E-state index in [1.165, 1.54) is 54.7 Å². The van der Waals surface area contributed by atoms with Crippen molar-refractivity contribution in [1.82, 2.24) is 19.9 Å². The van der Waals surface area contributed by atoms with Gasteiger partial charge in [0.15, 0.2) is 5.60 Å². The van der Waals surface area contributed by atoms with Gasteiger partial charge in [-0.2, -0.15) is 5.10 Å². The predicted molar refractivity (Wildman–Crippen MR) is 144 cm³/mol. The van der Waals surface area contributed by atoms with Crippen molar-refractivity contribution in [3.8, 4) is 12.3 Å². The molecule has 1 fully saturated rings. The molecule has 2 atom stereocenters. The van der Waals surface area contributed by atoms with Gasteiger partial charge in [0.1, 0.15) is 23.9 Å². The Labute approximate surface area is 231 Å². The first-order valence-corrected chi connectivity index (χ1v) is 13.0. The topological polar surface area (TPSA) is 80.5 Å². The van der Waals surface area contributed by atoms with Gasteiger partial charge in [0.05, 0.1) is 12.3 Å². The second kappa shape index (κ2) is 11.8. The predicted octanol–water partition coefficient (Wildman–Crippen LogP) is 4.53. The molecule has 1 N–H and O–H groups in total. The van der Waals surface area contributed by atoms with E-state index in [-0.39, 0.29) is 35.6 Å². The maximum Gasteiger partial charge on any atom is 0.362 e. The first-order valence-electron chi connectivity index (χ1n) is 13.0. The summed E-state index contributed by atoms with van der Waals surface area (Å²) in [6.45, 7) is 0.442. The van der Waals surface area contributed by atoms with Crippen LogP contribution in [-0.4, -0.2) is 56.3 Å². The Balaban J connectivity index is 1.48. The standard InChI is InChI=1S/C31H28F2N4O3/c1-2-18-40-28-17-16-27(19-22-6-4-3-5-7-22)36(21-28)30(38)37-34-20-29(35-37)31(39,23-8-12-25(32)13-9-23)24-10-14-26(33)15-11-24/h1,3-15,20,27-28,39H,16-19,21H2/t27-,28-/m1/s1. The van der Waals surface area contributed by atoms with E-state index in [1.807, 2.05) is 30.3 Å². The first-order chi connectivity index (χ1) is 19.4. The lowest BCUT2D eigenvalue weighted by Gasteiger charge is -2.39. The van der Waals surface area contributed by atoms with Crippen LogP contribution >= 0.6 is 0 Å². The Morgan fingerprint density at radius 2 is 1.62 bits per heavy atom. The van der Waals surface area contributed by atoms with E-state index >= 15 is 0 Å². The molecule has 0 saturated carbocycles. The average Bonchev–Trinajstić information content (AvgIpc) is 3.48. The van der Waals surface area contributed by atoms with Crippen LogP contribution in [0.3, 0.4) is 0 Å². The molecule has 2 heterocycles. The molecule has 7 nitrogen and oxygen atoms in total. The average molecular weight is 543 g/mol. The fourth-order valence-corrected chi connectivity index (χ4v) is 5.11. The molecule has 1 amide bonds. The highest BCUT2D eigenvalue weighted by molar-refractivity contribution is 5.75. The van der Waals surface area contributed by atoms with Crippen LogP contribution in [0.2, 0.25) is 0 Å². The van der Waals surface area contributed by atoms with Crippen molar-refractivity contribution < 1.29 is 23.4 Å². The summed E-state index contributed by atoms with van der Waals surface area (Å²) >= 11 is 0. The maximum absolute atomic E-state index is 13.8. The Morgan fingerprint density at radius 3 is 2.23 bits per heavy atom. The highest BCUT2D eigenvalue weighted by Gasteiger charge is 2.39. The van der Waals surface area contributed by atoms with Crippen LogP contribution in [0, 0.1) is 24.0 Å². The van der Waals surface area contributed by atoms with Crippen LogP contribution in [0.25, 0.3) is 0 Å². The fourth-order valence-electron chi connectivity index (χ4n) is 5.11. The first kappa shape index (κ1) is 27.2. The molecular formula is C31H28F2N4O3. The Kier molecular flexibility index (Phi) is 8.01. The second-order valence-electron chi connectivity index (χ2n) is 9.74. The largest absolute Gasteiger partial charge is 0.374 e. The number of likely N-dealkylation sites (tertiary alicyclic amines) is 1. The van der Waals surface area contributed by atoms with Gasteiger partial charge in [0, 0.05) is 12.6 Å². The number of carbonyl (C=O) groups is 1. The minimum absolute atomic E-state index is 0.0239. The van der Waals surface area contributed by atoms with Crippen molar-refractivity contribution in [1.29, 1.82) is 0 Å². The van der Waals surface area contributed by atoms with Gasteiger partial charge in [-0.15, -0.1) is 11.5 Å². The van der Waals surface area contributed by atoms with Crippen molar-refractivity contribution in [2.24, 2.45) is 0 Å². The van der Waals surface area contributed by atoms with Crippen LogP contribution in [0.5, 0.6) is 0 Å². The van der Waals surface area contributed by atoms with E-state index in [9.17, 15) is 18.7 Å². The summed E-state index contributed by atoms with van der Waals surface area (Å²) in [6, 6.07) is 19.7. The Hall–Kier alpha value is -4.39. The smallest absolute Gasteiger partial charge is 0.362 e. The molecule has 0 aliphatic carbocycles. The number of terminal acetylenes is 1. The van der Waals surface area contributed by atoms with Crippen LogP contribution < -0.4 is 0 Å². The highest BCUT2D eigenvalue weighted by atomic mass is 19.1. The molecule has 3 aromatic carbocycles. The van der Waals surface area contributed by atoms with E-state index < -0.39 is 23.3 Å². The van der Waals surface area contributed by atoms with E-state index in [0.717, 1.165) is 16.8 Å². The molecular weight excluding hydrogens is 514 g/mol. The van der Waals surface area contributed by atoms with Crippen LogP contribution in [0.4, 0.5) is 13.6 Å². The third-order valence-corrected chi connectivity index (χ3v) is 7.18. The number of ether oxygens (including phenoxy) is 1. The minimum Gasteiger partial charge on any atom is -0.374 e. The lowest BCUT2D eigenvalue weighted by atomic mass is 9.84. The third kappa shape index (κ3) is 5.64. The van der Waals surface area contributed by atoms with Gasteiger partial charge in [-0.25, -0.2) is 13.6 Å². The van der Waals surface area contributed by atoms with Crippen molar-refractivity contribution in [3.05, 3.63) is 119 Å². The number of halogens is 2. The molecule has 4 aromatic rings. The molecule has 0 spiro atoms. The van der Waals surface area contributed by atoms with Crippen molar-refractivity contribution in [2.75, 3.05) is 13.2 Å². The molecule has 0 radical (unpaired) electrons. The summed E-state index contributed by atoms with van der Waals surface area (Å²) in [7, 11) is 0. The zero-order valence-electron chi connectivity index (χ0n) is 21.7. The van der Waals surface area contributed by atoms with Crippen LogP contribution in [0.15, 0.2) is 85.1 Å². The third-order valence-electron chi connectivity index (χ3n) is 7.18. The van der Waals surface area contributed by atoms with E-state index in [0.29, 0.717) is 19.4 Å². The van der Waals surface area contributed by atoms with E-state index in [1.54, 1.807) is 4.90 Å². The van der Waals surface area contributed by atoms with Crippen molar-refractivity contribution in [3.63, 3.8) is 0 Å². The lowest BCUT2D eigenvalue weighted by Crippen LogP contribution is -2.52. The Bertz CT molecular complexity index is 1440. The number of nitrogens with zero attached hydrogens (tertiary/aromatic N) is 4. The molecule has 9 heteroatoms. The number of amides is 1. The number of carbonyl (C=O) groups excluding carboxylic acids is 1. The summed E-state index contributed by atoms with van der Waals surface area (Å²) in [5.41, 5.74) is -0.255. The van der Waals surface area contributed by atoms with Crippen molar-refractivity contribution in [2.45, 2.75) is 37.0 Å². The highest BCUT2D eigenvalue weighted by Crippen LogP contribution is 2.35. The van der Waals surface area contributed by atoms with Crippen molar-refractivity contribution >= 4 is 6.03 Å². The normalized spacial score (nSPS) is 17.4. The van der Waals surface area contributed by atoms with Gasteiger partial charge in [-0.3, -0.25) is 0 Å². The molecule has 1 aliphatic heterocycles. The van der Waals surface area contributed by atoms with Gasteiger partial charge in [0.25, 0.3) is 0 Å². The van der Waals surface area contributed by atoms with Gasteiger partial charge in [-0.05, 0) is 60.2 Å². The SMILES string of the molecule is C#CCO[C@@H]1CC[C@H](Cc2ccccc2)N(C(=O)n2ncc(C(O)(c3ccc(F)cc3)c3ccc(F)cc3)n2)C1. The summed E-state index contributed by atoms with van der Waals surface area (Å²) < 4.78 is 33.2. The number of aromatic nitrogens is 3. The fraction of sp³-hybridized carbons (Fsp3) is 0.258. The van der Waals surface area contributed by atoms with Gasteiger partial charge in [0.2, 0.25) is 0 Å². The van der Waals surface area contributed by atoms with Crippen LogP contribution in [0.1, 0.15) is 35.2 Å². The monoisotopic (exact) mass is 542 g/mol. The molecule has 40 heavy (non-hydrogen) atoms. The zero-order chi connectivity index (χ0) is 28.1. The number of rotatable bonds is 7.